The summed E-state index contributed by atoms with van der Waals surface area (Å²) in [6.07, 6.45) is 0.866. The number of para-hydroxylation sites is 1. The number of aryl methyl sites for hydroxylation is 1. The number of rotatable bonds is 5. The summed E-state index contributed by atoms with van der Waals surface area (Å²) in [6, 6.07) is 12.0. The molecule has 0 saturated heterocycles. The minimum absolute atomic E-state index is 0.00423. The smallest absolute Gasteiger partial charge is 0.257 e. The van der Waals surface area contributed by atoms with Gasteiger partial charge in [-0.15, -0.1) is 0 Å². The van der Waals surface area contributed by atoms with Crippen molar-refractivity contribution in [1.82, 2.24) is 4.98 Å². The zero-order valence-electron chi connectivity index (χ0n) is 13.9. The van der Waals surface area contributed by atoms with Gasteiger partial charge in [0.15, 0.2) is 15.0 Å². The number of aromatic nitrogens is 1. The molecule has 3 rings (SSSR count). The van der Waals surface area contributed by atoms with E-state index in [4.69, 9.17) is 0 Å². The Morgan fingerprint density at radius 1 is 1.16 bits per heavy atom. The van der Waals surface area contributed by atoms with Crippen molar-refractivity contribution >= 4 is 42.4 Å². The first-order valence-electron chi connectivity index (χ1n) is 7.97. The monoisotopic (exact) mass is 374 g/mol. The number of nitrogens with zero attached hydrogens (tertiary/aromatic N) is 1. The second kappa shape index (κ2) is 6.93. The van der Waals surface area contributed by atoms with Crippen LogP contribution in [0.25, 0.3) is 10.2 Å². The summed E-state index contributed by atoms with van der Waals surface area (Å²) in [5.41, 5.74) is 2.32. The normalized spacial score (nSPS) is 11.6. The van der Waals surface area contributed by atoms with E-state index in [-0.39, 0.29) is 16.6 Å². The summed E-state index contributed by atoms with van der Waals surface area (Å²) >= 11 is 1.40. The van der Waals surface area contributed by atoms with Crippen LogP contribution < -0.4 is 5.32 Å². The van der Waals surface area contributed by atoms with E-state index >= 15 is 0 Å². The molecule has 0 aliphatic rings. The van der Waals surface area contributed by atoms with Crippen molar-refractivity contribution in [2.75, 3.05) is 11.1 Å². The van der Waals surface area contributed by atoms with Gasteiger partial charge in [0.05, 0.1) is 20.9 Å². The molecule has 0 spiro atoms. The largest absolute Gasteiger partial charge is 0.298 e. The third-order valence-corrected chi connectivity index (χ3v) is 6.61. The van der Waals surface area contributed by atoms with Crippen LogP contribution in [0.1, 0.15) is 29.8 Å². The van der Waals surface area contributed by atoms with E-state index in [2.05, 4.69) is 17.2 Å². The van der Waals surface area contributed by atoms with E-state index in [1.807, 2.05) is 18.2 Å². The lowest BCUT2D eigenvalue weighted by Gasteiger charge is -2.05. The fraction of sp³-hybridized carbons (Fsp3) is 0.222. The molecule has 0 aliphatic heterocycles. The maximum Gasteiger partial charge on any atom is 0.257 e. The molecular weight excluding hydrogens is 356 g/mol. The van der Waals surface area contributed by atoms with Gasteiger partial charge in [-0.2, -0.15) is 0 Å². The number of nitrogens with one attached hydrogen (secondary N) is 1. The van der Waals surface area contributed by atoms with Crippen LogP contribution in [0, 0.1) is 0 Å². The zero-order chi connectivity index (χ0) is 18.0. The van der Waals surface area contributed by atoms with Crippen LogP contribution in [0.15, 0.2) is 47.4 Å². The molecule has 0 radical (unpaired) electrons. The van der Waals surface area contributed by atoms with Gasteiger partial charge >= 0.3 is 0 Å². The van der Waals surface area contributed by atoms with Crippen LogP contribution in [0.3, 0.4) is 0 Å². The Morgan fingerprint density at radius 2 is 1.92 bits per heavy atom. The number of thiazole rings is 1. The van der Waals surface area contributed by atoms with Crippen molar-refractivity contribution in [1.29, 1.82) is 0 Å². The summed E-state index contributed by atoms with van der Waals surface area (Å²) < 4.78 is 25.0. The van der Waals surface area contributed by atoms with E-state index in [1.165, 1.54) is 23.5 Å². The van der Waals surface area contributed by atoms with Crippen LogP contribution >= 0.6 is 11.3 Å². The van der Waals surface area contributed by atoms with Gasteiger partial charge in [-0.05, 0) is 36.2 Å². The number of sulfone groups is 1. The number of benzene rings is 2. The number of carbonyl (C=O) groups excluding carboxylic acids is 1. The first kappa shape index (κ1) is 17.6. The average Bonchev–Trinajstić information content (AvgIpc) is 3.04. The van der Waals surface area contributed by atoms with Crippen LogP contribution in [0.4, 0.5) is 5.13 Å². The maximum atomic E-state index is 12.5. The Hall–Kier alpha value is -2.25. The molecule has 130 valence electrons. The number of fused-ring (bicyclic) bond motifs is 1. The van der Waals surface area contributed by atoms with E-state index in [0.29, 0.717) is 10.7 Å². The Labute approximate surface area is 150 Å². The minimum atomic E-state index is -3.35. The quantitative estimate of drug-likeness (QED) is 0.735. The molecule has 0 atom stereocenters. The predicted molar refractivity (Wildman–Crippen MR) is 101 cm³/mol. The third-order valence-electron chi connectivity index (χ3n) is 3.94. The SMILES string of the molecule is CCc1cccc2sc(NC(=O)c3cccc(S(=O)(=O)CC)c3)nc12. The molecule has 3 aromatic rings. The molecule has 2 aromatic carbocycles. The van der Waals surface area contributed by atoms with Crippen LogP contribution in [-0.4, -0.2) is 25.1 Å². The van der Waals surface area contributed by atoms with Gasteiger partial charge in [0, 0.05) is 5.56 Å². The Bertz CT molecular complexity index is 1040. The van der Waals surface area contributed by atoms with Crippen molar-refractivity contribution in [3.05, 3.63) is 53.6 Å². The molecule has 5 nitrogen and oxygen atoms in total. The van der Waals surface area contributed by atoms with Crippen molar-refractivity contribution in [3.63, 3.8) is 0 Å². The van der Waals surface area contributed by atoms with Crippen molar-refractivity contribution in [2.45, 2.75) is 25.2 Å². The fourth-order valence-electron chi connectivity index (χ4n) is 2.51. The number of hydrogen-bond acceptors (Lipinski definition) is 5. The topological polar surface area (TPSA) is 76.1 Å². The molecule has 1 amide bonds. The third kappa shape index (κ3) is 3.57. The van der Waals surface area contributed by atoms with Gasteiger partial charge in [-0.1, -0.05) is 43.4 Å². The second-order valence-corrected chi connectivity index (χ2v) is 8.83. The number of anilines is 1. The highest BCUT2D eigenvalue weighted by Crippen LogP contribution is 2.29. The lowest BCUT2D eigenvalue weighted by molar-refractivity contribution is 0.102. The molecule has 0 aliphatic carbocycles. The summed E-state index contributed by atoms with van der Waals surface area (Å²) in [5, 5.41) is 3.27. The van der Waals surface area contributed by atoms with Crippen LogP contribution in [-0.2, 0) is 16.3 Å². The molecule has 1 N–H and O–H groups in total. The molecule has 0 fully saturated rings. The van der Waals surface area contributed by atoms with E-state index in [9.17, 15) is 13.2 Å². The maximum absolute atomic E-state index is 12.5. The number of hydrogen-bond donors (Lipinski definition) is 1. The highest BCUT2D eigenvalue weighted by Gasteiger charge is 2.16. The van der Waals surface area contributed by atoms with Crippen molar-refractivity contribution in [2.24, 2.45) is 0 Å². The van der Waals surface area contributed by atoms with E-state index in [0.717, 1.165) is 22.2 Å². The zero-order valence-corrected chi connectivity index (χ0v) is 15.6. The van der Waals surface area contributed by atoms with Gasteiger partial charge in [-0.3, -0.25) is 10.1 Å². The molecule has 1 aromatic heterocycles. The first-order chi connectivity index (χ1) is 11.9. The molecule has 25 heavy (non-hydrogen) atoms. The Balaban J connectivity index is 1.89. The predicted octanol–water partition coefficient (Wildman–Crippen LogP) is 3.90. The molecule has 1 heterocycles. The highest BCUT2D eigenvalue weighted by atomic mass is 32.2. The first-order valence-corrected chi connectivity index (χ1v) is 10.4. The Morgan fingerprint density at radius 3 is 2.64 bits per heavy atom. The van der Waals surface area contributed by atoms with Crippen LogP contribution in [0.2, 0.25) is 0 Å². The summed E-state index contributed by atoms with van der Waals surface area (Å²) in [5.74, 6) is -0.374. The summed E-state index contributed by atoms with van der Waals surface area (Å²) in [4.78, 5) is 17.1. The summed E-state index contributed by atoms with van der Waals surface area (Å²) in [6.45, 7) is 3.64. The Kier molecular flexibility index (Phi) is 4.87. The van der Waals surface area contributed by atoms with Crippen LogP contribution in [0.5, 0.6) is 0 Å². The average molecular weight is 374 g/mol. The lowest BCUT2D eigenvalue weighted by Crippen LogP contribution is -2.13. The van der Waals surface area contributed by atoms with Gasteiger partial charge in [0.1, 0.15) is 0 Å². The van der Waals surface area contributed by atoms with Gasteiger partial charge in [-0.25, -0.2) is 13.4 Å². The minimum Gasteiger partial charge on any atom is -0.298 e. The number of carbonyl (C=O) groups is 1. The lowest BCUT2D eigenvalue weighted by atomic mass is 10.1. The molecule has 7 heteroatoms. The fourth-order valence-corrected chi connectivity index (χ4v) is 4.35. The van der Waals surface area contributed by atoms with Gasteiger partial charge in [0.25, 0.3) is 5.91 Å². The summed E-state index contributed by atoms with van der Waals surface area (Å²) in [7, 11) is -3.35. The molecular formula is C18H18N2O3S2. The standard InChI is InChI=1S/C18H18N2O3S2/c1-3-12-7-6-10-15-16(12)19-18(24-15)20-17(21)13-8-5-9-14(11-13)25(22,23)4-2/h5-11H,3-4H2,1-2H3,(H,19,20,21). The van der Waals surface area contributed by atoms with Crippen molar-refractivity contribution < 1.29 is 13.2 Å². The van der Waals surface area contributed by atoms with E-state index in [1.54, 1.807) is 19.1 Å². The molecule has 0 unspecified atom stereocenters. The highest BCUT2D eigenvalue weighted by molar-refractivity contribution is 7.91. The van der Waals surface area contributed by atoms with E-state index < -0.39 is 9.84 Å². The number of amides is 1. The second-order valence-electron chi connectivity index (χ2n) is 5.52. The van der Waals surface area contributed by atoms with Gasteiger partial charge in [0.2, 0.25) is 0 Å². The molecule has 0 saturated carbocycles. The van der Waals surface area contributed by atoms with Gasteiger partial charge < -0.3 is 0 Å². The van der Waals surface area contributed by atoms with Crippen molar-refractivity contribution in [3.8, 4) is 0 Å². The molecule has 0 bridgehead atoms.